The third-order valence-electron chi connectivity index (χ3n) is 5.36. The second kappa shape index (κ2) is 6.39. The van der Waals surface area contributed by atoms with Crippen molar-refractivity contribution >= 4 is 17.4 Å². The maximum Gasteiger partial charge on any atom is 0.217 e. The molecule has 3 aromatic rings. The minimum Gasteiger partial charge on any atom is -0.357 e. The first kappa shape index (κ1) is 15.8. The monoisotopic (exact) mass is 369 g/mol. The van der Waals surface area contributed by atoms with Crippen LogP contribution in [0.1, 0.15) is 36.8 Å². The van der Waals surface area contributed by atoms with E-state index in [0.29, 0.717) is 11.1 Å². The fraction of sp³-hybridized carbons (Fsp3) is 0.444. The van der Waals surface area contributed by atoms with Crippen LogP contribution in [0.25, 0.3) is 5.95 Å². The molecule has 2 aliphatic heterocycles. The summed E-state index contributed by atoms with van der Waals surface area (Å²) in [6.45, 7) is 2.81. The number of rotatable bonds is 2. The molecule has 5 rings (SSSR count). The molecule has 1 fully saturated rings. The van der Waals surface area contributed by atoms with Gasteiger partial charge in [0.05, 0.1) is 6.20 Å². The van der Waals surface area contributed by atoms with Crippen molar-refractivity contribution in [2.45, 2.75) is 38.1 Å². The van der Waals surface area contributed by atoms with E-state index in [2.05, 4.69) is 40.3 Å². The third kappa shape index (κ3) is 2.58. The zero-order valence-electron chi connectivity index (χ0n) is 14.4. The lowest BCUT2D eigenvalue weighted by Crippen LogP contribution is -2.34. The number of anilines is 1. The fourth-order valence-electron chi connectivity index (χ4n) is 4.01. The highest BCUT2D eigenvalue weighted by Crippen LogP contribution is 2.32. The largest absolute Gasteiger partial charge is 0.357 e. The normalized spacial score (nSPS) is 17.7. The molecule has 7 nitrogen and oxygen atoms in total. The Morgan fingerprint density at radius 1 is 1.04 bits per heavy atom. The molecule has 0 aliphatic carbocycles. The van der Waals surface area contributed by atoms with Crippen molar-refractivity contribution in [1.29, 1.82) is 0 Å². The van der Waals surface area contributed by atoms with Crippen molar-refractivity contribution < 1.29 is 0 Å². The molecule has 0 unspecified atom stereocenters. The number of nitrogens with zero attached hydrogens (tertiary/aromatic N) is 7. The number of imidazole rings is 1. The highest BCUT2D eigenvalue weighted by Gasteiger charge is 2.29. The van der Waals surface area contributed by atoms with Gasteiger partial charge in [-0.3, -0.25) is 4.57 Å². The van der Waals surface area contributed by atoms with Crippen LogP contribution >= 0.6 is 11.6 Å². The minimum absolute atomic E-state index is 0.373. The average Bonchev–Trinajstić information content (AvgIpc) is 3.21. The first-order valence-corrected chi connectivity index (χ1v) is 9.50. The summed E-state index contributed by atoms with van der Waals surface area (Å²) in [6, 6.07) is 6.06. The van der Waals surface area contributed by atoms with Crippen molar-refractivity contribution in [2.24, 2.45) is 0 Å². The van der Waals surface area contributed by atoms with Crippen molar-refractivity contribution in [3.05, 3.63) is 47.4 Å². The van der Waals surface area contributed by atoms with Gasteiger partial charge in [-0.2, -0.15) is 0 Å². The minimum atomic E-state index is 0.373. The third-order valence-corrected chi connectivity index (χ3v) is 5.66. The van der Waals surface area contributed by atoms with Gasteiger partial charge >= 0.3 is 0 Å². The Balaban J connectivity index is 1.43. The van der Waals surface area contributed by atoms with Crippen LogP contribution in [0.3, 0.4) is 0 Å². The molecule has 0 atom stereocenters. The lowest BCUT2D eigenvalue weighted by atomic mass is 9.96. The smallest absolute Gasteiger partial charge is 0.217 e. The van der Waals surface area contributed by atoms with Gasteiger partial charge < -0.3 is 9.47 Å². The van der Waals surface area contributed by atoms with Gasteiger partial charge in [0, 0.05) is 38.2 Å². The van der Waals surface area contributed by atoms with Crippen LogP contribution in [-0.2, 0) is 13.0 Å². The molecule has 0 N–H and O–H groups in total. The van der Waals surface area contributed by atoms with E-state index in [4.69, 9.17) is 11.6 Å². The zero-order valence-corrected chi connectivity index (χ0v) is 15.2. The average molecular weight is 370 g/mol. The van der Waals surface area contributed by atoms with Crippen molar-refractivity contribution in [2.75, 3.05) is 18.0 Å². The van der Waals surface area contributed by atoms with E-state index in [0.717, 1.165) is 68.7 Å². The molecule has 0 radical (unpaired) electrons. The number of pyridine rings is 1. The molecule has 0 bridgehead atoms. The summed E-state index contributed by atoms with van der Waals surface area (Å²) in [6.07, 6.45) is 7.54. The Labute approximate surface area is 156 Å². The molecular formula is C18H20ClN7. The highest BCUT2D eigenvalue weighted by atomic mass is 35.5. The number of hydrogen-bond donors (Lipinski definition) is 0. The Bertz CT molecular complexity index is 909. The zero-order chi connectivity index (χ0) is 17.5. The first-order chi connectivity index (χ1) is 12.8. The van der Waals surface area contributed by atoms with E-state index < -0.39 is 0 Å². The summed E-state index contributed by atoms with van der Waals surface area (Å²) in [4.78, 5) is 11.4. The van der Waals surface area contributed by atoms with E-state index in [1.54, 1.807) is 6.20 Å². The van der Waals surface area contributed by atoms with Gasteiger partial charge in [-0.1, -0.05) is 17.7 Å². The topological polar surface area (TPSA) is 64.7 Å². The van der Waals surface area contributed by atoms with E-state index in [1.165, 1.54) is 0 Å². The van der Waals surface area contributed by atoms with Crippen LogP contribution in [0.5, 0.6) is 0 Å². The number of fused-ring (bicyclic) bond motifs is 3. The highest BCUT2D eigenvalue weighted by molar-refractivity contribution is 6.29. The summed E-state index contributed by atoms with van der Waals surface area (Å²) >= 11 is 6.32. The second-order valence-electron chi connectivity index (χ2n) is 6.90. The van der Waals surface area contributed by atoms with Crippen LogP contribution in [-0.4, -0.2) is 42.4 Å². The molecule has 26 heavy (non-hydrogen) atoms. The SMILES string of the molecule is Clc1cnc2n1CCCc1nnc(C3CCN(c4ccccn4)CC3)n1-2. The second-order valence-corrected chi connectivity index (χ2v) is 7.28. The van der Waals surface area contributed by atoms with Gasteiger partial charge in [0.25, 0.3) is 0 Å². The summed E-state index contributed by atoms with van der Waals surface area (Å²) in [5.41, 5.74) is 0. The van der Waals surface area contributed by atoms with Crippen LogP contribution in [0, 0.1) is 0 Å². The lowest BCUT2D eigenvalue weighted by Gasteiger charge is -2.32. The van der Waals surface area contributed by atoms with Crippen molar-refractivity contribution in [3.8, 4) is 5.95 Å². The molecule has 3 aromatic heterocycles. The summed E-state index contributed by atoms with van der Waals surface area (Å²) in [5.74, 6) is 4.29. The van der Waals surface area contributed by atoms with Crippen LogP contribution in [0.15, 0.2) is 30.6 Å². The van der Waals surface area contributed by atoms with Crippen LogP contribution in [0.2, 0.25) is 5.15 Å². The lowest BCUT2D eigenvalue weighted by molar-refractivity contribution is 0.475. The number of aromatic nitrogens is 6. The van der Waals surface area contributed by atoms with Crippen LogP contribution in [0.4, 0.5) is 5.82 Å². The van der Waals surface area contributed by atoms with Gasteiger partial charge in [-0.15, -0.1) is 10.2 Å². The molecule has 5 heterocycles. The summed E-state index contributed by atoms with van der Waals surface area (Å²) in [5, 5.41) is 9.70. The molecule has 8 heteroatoms. The van der Waals surface area contributed by atoms with Gasteiger partial charge in [-0.05, 0) is 31.4 Å². The van der Waals surface area contributed by atoms with E-state index in [-0.39, 0.29) is 0 Å². The van der Waals surface area contributed by atoms with E-state index >= 15 is 0 Å². The van der Waals surface area contributed by atoms with E-state index in [9.17, 15) is 0 Å². The molecule has 0 aromatic carbocycles. The predicted molar refractivity (Wildman–Crippen MR) is 98.9 cm³/mol. The molecule has 134 valence electrons. The maximum absolute atomic E-state index is 6.32. The quantitative estimate of drug-likeness (QED) is 0.695. The molecule has 1 saturated heterocycles. The van der Waals surface area contributed by atoms with E-state index in [1.807, 2.05) is 18.3 Å². The standard InChI is InChI=1S/C18H20ClN7/c19-14-12-21-18-25(14)9-3-5-16-22-23-17(26(16)18)13-6-10-24(11-7-13)15-4-1-2-8-20-15/h1-2,4,8,12-13H,3,5-7,9-11H2. The van der Waals surface area contributed by atoms with Gasteiger partial charge in [0.15, 0.2) is 0 Å². The summed E-state index contributed by atoms with van der Waals surface area (Å²) in [7, 11) is 0. The number of halogens is 1. The predicted octanol–water partition coefficient (Wildman–Crippen LogP) is 2.84. The van der Waals surface area contributed by atoms with Crippen molar-refractivity contribution in [1.82, 2.24) is 29.3 Å². The van der Waals surface area contributed by atoms with Crippen molar-refractivity contribution in [3.63, 3.8) is 0 Å². The van der Waals surface area contributed by atoms with Gasteiger partial charge in [0.2, 0.25) is 5.95 Å². The Hall–Kier alpha value is -2.41. The number of aryl methyl sites for hydroxylation is 1. The van der Waals surface area contributed by atoms with Gasteiger partial charge in [-0.25, -0.2) is 9.97 Å². The number of piperidine rings is 1. The molecule has 0 amide bonds. The Morgan fingerprint density at radius 3 is 2.73 bits per heavy atom. The first-order valence-electron chi connectivity index (χ1n) is 9.13. The number of hydrogen-bond acceptors (Lipinski definition) is 5. The molecule has 2 aliphatic rings. The van der Waals surface area contributed by atoms with Gasteiger partial charge in [0.1, 0.15) is 22.6 Å². The fourth-order valence-corrected chi connectivity index (χ4v) is 4.22. The maximum atomic E-state index is 6.32. The Morgan fingerprint density at radius 2 is 1.92 bits per heavy atom. The Kier molecular flexibility index (Phi) is 3.89. The van der Waals surface area contributed by atoms with Crippen LogP contribution < -0.4 is 4.90 Å². The molecular weight excluding hydrogens is 350 g/mol. The molecule has 0 saturated carbocycles. The summed E-state index contributed by atoms with van der Waals surface area (Å²) < 4.78 is 4.20. The molecule has 0 spiro atoms.